The highest BCUT2D eigenvalue weighted by Crippen LogP contribution is 2.45. The van der Waals surface area contributed by atoms with Crippen molar-refractivity contribution in [3.63, 3.8) is 0 Å². The van der Waals surface area contributed by atoms with Gasteiger partial charge in [-0.1, -0.05) is 32.9 Å². The molecule has 1 amide bonds. The van der Waals surface area contributed by atoms with Crippen LogP contribution in [0.15, 0.2) is 53.4 Å². The fraction of sp³-hybridized carbons (Fsp3) is 0.333. The van der Waals surface area contributed by atoms with Crippen molar-refractivity contribution in [3.8, 4) is 10.6 Å². The van der Waals surface area contributed by atoms with Gasteiger partial charge in [0, 0.05) is 42.2 Å². The van der Waals surface area contributed by atoms with Gasteiger partial charge in [0.1, 0.15) is 10.0 Å². The number of halogens is 1. The number of anilines is 1. The number of hydrogen-bond donors (Lipinski definition) is 1. The molecule has 0 saturated heterocycles. The van der Waals surface area contributed by atoms with Crippen LogP contribution in [0.25, 0.3) is 20.8 Å². The van der Waals surface area contributed by atoms with Crippen LogP contribution in [0.4, 0.5) is 5.00 Å². The second kappa shape index (κ2) is 11.9. The molecule has 0 aliphatic carbocycles. The first-order chi connectivity index (χ1) is 17.8. The first-order valence-corrected chi connectivity index (χ1v) is 15.6. The van der Waals surface area contributed by atoms with Crippen LogP contribution in [0.1, 0.15) is 41.6 Å². The van der Waals surface area contributed by atoms with Gasteiger partial charge in [-0.3, -0.25) is 9.69 Å². The number of nitrogens with one attached hydrogen (secondary N) is 1. The summed E-state index contributed by atoms with van der Waals surface area (Å²) in [6.45, 7) is 9.41. The monoisotopic (exact) mass is 634 g/mol. The van der Waals surface area contributed by atoms with Gasteiger partial charge in [0.15, 0.2) is 0 Å². The van der Waals surface area contributed by atoms with E-state index in [1.54, 1.807) is 34.8 Å². The molecule has 1 aliphatic rings. The first kappa shape index (κ1) is 28.8. The number of aromatic nitrogens is 1. The summed E-state index contributed by atoms with van der Waals surface area (Å²) in [6.07, 6.45) is 0.915. The van der Waals surface area contributed by atoms with Gasteiger partial charge in [0.2, 0.25) is 10.0 Å². The van der Waals surface area contributed by atoms with Gasteiger partial charge in [-0.2, -0.15) is 4.31 Å². The van der Waals surface area contributed by atoms with E-state index in [0.717, 1.165) is 51.8 Å². The van der Waals surface area contributed by atoms with Crippen molar-refractivity contribution in [1.82, 2.24) is 14.2 Å². The van der Waals surface area contributed by atoms with Gasteiger partial charge >= 0.3 is 0 Å². The maximum atomic E-state index is 13.3. The number of nitrogens with zero attached hydrogens (tertiary/aromatic N) is 3. The number of thiazole rings is 1. The molecule has 2 aromatic heterocycles. The zero-order chi connectivity index (χ0) is 26.2. The normalized spacial score (nSPS) is 13.9. The van der Waals surface area contributed by atoms with Crippen LogP contribution in [-0.2, 0) is 23.0 Å². The summed E-state index contributed by atoms with van der Waals surface area (Å²) in [5.41, 5.74) is 3.65. The molecule has 0 bridgehead atoms. The van der Waals surface area contributed by atoms with Crippen LogP contribution < -0.4 is 5.32 Å². The molecule has 5 rings (SSSR count). The number of benzene rings is 2. The van der Waals surface area contributed by atoms with Gasteiger partial charge in [-0.25, -0.2) is 13.4 Å². The van der Waals surface area contributed by atoms with E-state index in [4.69, 9.17) is 4.98 Å². The molecular formula is C27H31BrN4O3S3. The van der Waals surface area contributed by atoms with Gasteiger partial charge in [0.05, 0.1) is 15.1 Å². The Bertz CT molecular complexity index is 1510. The van der Waals surface area contributed by atoms with E-state index >= 15 is 0 Å². The quantitative estimate of drug-likeness (QED) is 0.247. The van der Waals surface area contributed by atoms with E-state index in [2.05, 4.69) is 23.2 Å². The van der Waals surface area contributed by atoms with Crippen molar-refractivity contribution in [2.75, 3.05) is 31.5 Å². The van der Waals surface area contributed by atoms with Crippen LogP contribution in [0.3, 0.4) is 0 Å². The fourth-order valence-electron chi connectivity index (χ4n) is 4.69. The summed E-state index contributed by atoms with van der Waals surface area (Å²) in [6, 6.07) is 14.3. The Hall–Kier alpha value is -2.15. The second-order valence-electron chi connectivity index (χ2n) is 8.88. The molecule has 11 heteroatoms. The number of thiophene rings is 1. The lowest BCUT2D eigenvalue weighted by Gasteiger charge is -2.25. The molecule has 0 radical (unpaired) electrons. The lowest BCUT2D eigenvalue weighted by molar-refractivity contribution is 0.102. The van der Waals surface area contributed by atoms with Crippen LogP contribution in [-0.4, -0.2) is 54.7 Å². The molecule has 0 saturated carbocycles. The van der Waals surface area contributed by atoms with Crippen molar-refractivity contribution in [2.45, 2.75) is 38.6 Å². The Balaban J connectivity index is 0.00000336. The standard InChI is InChI=1S/C27H30N4O3S3.BrH/c1-4-30-16-15-20-23(17-30)36-27(24(20)26-28-21-9-7-8-10-22(21)35-26)29-25(32)18-11-13-19(14-12-18)37(33,34)31(5-2)6-3;/h7-14H,4-6,15-17H2,1-3H3,(H,29,32);1H. The maximum absolute atomic E-state index is 13.3. The van der Waals surface area contributed by atoms with Crippen molar-refractivity contribution in [3.05, 3.63) is 64.5 Å². The number of hydrogen-bond acceptors (Lipinski definition) is 7. The predicted octanol–water partition coefficient (Wildman–Crippen LogP) is 6.26. The Morgan fingerprint density at radius 3 is 2.42 bits per heavy atom. The molecule has 202 valence electrons. The highest BCUT2D eigenvalue weighted by atomic mass is 79.9. The molecule has 4 aromatic rings. The number of para-hydroxylation sites is 1. The number of likely N-dealkylation sites (N-methyl/N-ethyl adjacent to an activating group) is 1. The third-order valence-electron chi connectivity index (χ3n) is 6.78. The topological polar surface area (TPSA) is 82.6 Å². The molecule has 7 nitrogen and oxygen atoms in total. The summed E-state index contributed by atoms with van der Waals surface area (Å²) >= 11 is 3.26. The summed E-state index contributed by atoms with van der Waals surface area (Å²) in [4.78, 5) is 22.1. The Labute approximate surface area is 242 Å². The van der Waals surface area contributed by atoms with Gasteiger partial charge in [-0.15, -0.1) is 39.7 Å². The van der Waals surface area contributed by atoms with Crippen molar-refractivity contribution in [1.29, 1.82) is 0 Å². The second-order valence-corrected chi connectivity index (χ2v) is 13.0. The third kappa shape index (κ3) is 5.45. The van der Waals surface area contributed by atoms with E-state index < -0.39 is 10.0 Å². The van der Waals surface area contributed by atoms with Crippen LogP contribution in [0.5, 0.6) is 0 Å². The zero-order valence-corrected chi connectivity index (χ0v) is 25.7. The molecule has 3 heterocycles. The highest BCUT2D eigenvalue weighted by Gasteiger charge is 2.28. The SMILES string of the molecule is Br.CCN1CCc2c(sc(NC(=O)c3ccc(S(=O)(=O)N(CC)CC)cc3)c2-c2nc3ccccc3s2)C1. The summed E-state index contributed by atoms with van der Waals surface area (Å²) in [7, 11) is -3.58. The Morgan fingerprint density at radius 2 is 1.76 bits per heavy atom. The average Bonchev–Trinajstić information content (AvgIpc) is 3.49. The molecule has 0 unspecified atom stereocenters. The molecule has 1 N–H and O–H groups in total. The van der Waals surface area contributed by atoms with E-state index in [-0.39, 0.29) is 27.8 Å². The number of fused-ring (bicyclic) bond motifs is 2. The lowest BCUT2D eigenvalue weighted by atomic mass is 10.0. The summed E-state index contributed by atoms with van der Waals surface area (Å²) in [5.74, 6) is -0.264. The van der Waals surface area contributed by atoms with Crippen LogP contribution >= 0.6 is 39.7 Å². The third-order valence-corrected chi connectivity index (χ3v) is 11.0. The van der Waals surface area contributed by atoms with Gasteiger partial charge in [-0.05, 0) is 54.9 Å². The van der Waals surface area contributed by atoms with Gasteiger partial charge < -0.3 is 5.32 Å². The molecule has 0 spiro atoms. The number of rotatable bonds is 8. The molecular weight excluding hydrogens is 604 g/mol. The maximum Gasteiger partial charge on any atom is 0.256 e. The van der Waals surface area contributed by atoms with E-state index in [1.165, 1.54) is 26.9 Å². The van der Waals surface area contributed by atoms with Crippen molar-refractivity contribution >= 4 is 70.8 Å². The highest BCUT2D eigenvalue weighted by molar-refractivity contribution is 8.93. The average molecular weight is 636 g/mol. The number of amides is 1. The molecule has 0 fully saturated rings. The number of sulfonamides is 1. The molecule has 2 aromatic carbocycles. The summed E-state index contributed by atoms with van der Waals surface area (Å²) < 4.78 is 28.2. The van der Waals surface area contributed by atoms with Crippen LogP contribution in [0.2, 0.25) is 0 Å². The minimum absolute atomic E-state index is 0. The summed E-state index contributed by atoms with van der Waals surface area (Å²) in [5, 5.41) is 4.85. The Kier molecular flexibility index (Phi) is 9.06. The minimum atomic E-state index is -3.58. The predicted molar refractivity (Wildman–Crippen MR) is 162 cm³/mol. The van der Waals surface area contributed by atoms with E-state index in [9.17, 15) is 13.2 Å². The van der Waals surface area contributed by atoms with E-state index in [1.807, 2.05) is 32.0 Å². The van der Waals surface area contributed by atoms with Gasteiger partial charge in [0.25, 0.3) is 5.91 Å². The Morgan fingerprint density at radius 1 is 1.05 bits per heavy atom. The minimum Gasteiger partial charge on any atom is -0.313 e. The molecule has 1 aliphatic heterocycles. The van der Waals surface area contributed by atoms with Crippen molar-refractivity contribution < 1.29 is 13.2 Å². The molecule has 0 atom stereocenters. The first-order valence-electron chi connectivity index (χ1n) is 12.5. The largest absolute Gasteiger partial charge is 0.313 e. The molecule has 38 heavy (non-hydrogen) atoms. The number of carbonyl (C=O) groups excluding carboxylic acids is 1. The lowest BCUT2D eigenvalue weighted by Crippen LogP contribution is -2.30. The fourth-order valence-corrected chi connectivity index (χ4v) is 8.54. The number of carbonyl (C=O) groups is 1. The van der Waals surface area contributed by atoms with Crippen LogP contribution in [0, 0.1) is 0 Å². The zero-order valence-electron chi connectivity index (χ0n) is 21.6. The smallest absolute Gasteiger partial charge is 0.256 e. The van der Waals surface area contributed by atoms with E-state index in [0.29, 0.717) is 18.7 Å². The van der Waals surface area contributed by atoms with Crippen molar-refractivity contribution in [2.24, 2.45) is 0 Å².